The van der Waals surface area contributed by atoms with Crippen molar-refractivity contribution in [3.8, 4) is 0 Å². The minimum atomic E-state index is -0.147. The van der Waals surface area contributed by atoms with E-state index in [1.165, 1.54) is 11.8 Å². The molecule has 2 rings (SSSR count). The van der Waals surface area contributed by atoms with E-state index in [4.69, 9.17) is 11.6 Å². The van der Waals surface area contributed by atoms with E-state index in [2.05, 4.69) is 10.5 Å². The zero-order chi connectivity index (χ0) is 16.7. The van der Waals surface area contributed by atoms with Crippen LogP contribution in [-0.2, 0) is 4.79 Å². The van der Waals surface area contributed by atoms with Gasteiger partial charge in [-0.05, 0) is 42.0 Å². The number of hydrogen-bond donors (Lipinski definition) is 1. The standard InChI is InChI=1S/C17H18ClN3OS/c1-21(2)15-7-3-13(4-8-15)11-19-20-17(22)12-23-16-9-5-14(18)6-10-16/h3-11H,12H2,1-2H3,(H,20,22)/b19-11-. The van der Waals surface area contributed by atoms with Gasteiger partial charge in [-0.3, -0.25) is 4.79 Å². The summed E-state index contributed by atoms with van der Waals surface area (Å²) in [5.41, 5.74) is 4.57. The van der Waals surface area contributed by atoms with Crippen molar-refractivity contribution in [3.63, 3.8) is 0 Å². The lowest BCUT2D eigenvalue weighted by Crippen LogP contribution is -2.19. The van der Waals surface area contributed by atoms with Crippen molar-refractivity contribution in [1.82, 2.24) is 5.43 Å². The van der Waals surface area contributed by atoms with Crippen molar-refractivity contribution in [2.75, 3.05) is 24.7 Å². The van der Waals surface area contributed by atoms with Crippen LogP contribution in [0.25, 0.3) is 0 Å². The Morgan fingerprint density at radius 1 is 1.17 bits per heavy atom. The molecule has 1 amide bonds. The minimum Gasteiger partial charge on any atom is -0.378 e. The Morgan fingerprint density at radius 2 is 1.83 bits per heavy atom. The van der Waals surface area contributed by atoms with Gasteiger partial charge in [0.15, 0.2) is 0 Å². The van der Waals surface area contributed by atoms with E-state index in [1.54, 1.807) is 18.3 Å². The van der Waals surface area contributed by atoms with Crippen LogP contribution >= 0.6 is 23.4 Å². The van der Waals surface area contributed by atoms with E-state index in [-0.39, 0.29) is 5.91 Å². The van der Waals surface area contributed by atoms with E-state index in [9.17, 15) is 4.79 Å². The smallest absolute Gasteiger partial charge is 0.250 e. The summed E-state index contributed by atoms with van der Waals surface area (Å²) in [7, 11) is 3.98. The maximum atomic E-state index is 11.7. The molecule has 0 unspecified atom stereocenters. The molecule has 1 N–H and O–H groups in total. The predicted octanol–water partition coefficient (Wildman–Crippen LogP) is 3.65. The Labute approximate surface area is 145 Å². The average Bonchev–Trinajstić information content (AvgIpc) is 2.55. The molecule has 0 atom stereocenters. The van der Waals surface area contributed by atoms with Crippen LogP contribution in [0, 0.1) is 0 Å². The number of nitrogens with zero attached hydrogens (tertiary/aromatic N) is 2. The van der Waals surface area contributed by atoms with Gasteiger partial charge in [-0.2, -0.15) is 5.10 Å². The molecular weight excluding hydrogens is 330 g/mol. The van der Waals surface area contributed by atoms with E-state index in [0.717, 1.165) is 16.1 Å². The van der Waals surface area contributed by atoms with Crippen LogP contribution in [-0.4, -0.2) is 32.0 Å². The van der Waals surface area contributed by atoms with Gasteiger partial charge in [-0.1, -0.05) is 23.7 Å². The lowest BCUT2D eigenvalue weighted by Gasteiger charge is -2.11. The van der Waals surface area contributed by atoms with E-state index in [0.29, 0.717) is 10.8 Å². The molecule has 0 spiro atoms. The summed E-state index contributed by atoms with van der Waals surface area (Å²) in [5.74, 6) is 0.157. The summed E-state index contributed by atoms with van der Waals surface area (Å²) in [6, 6.07) is 15.3. The number of anilines is 1. The minimum absolute atomic E-state index is 0.147. The number of hydrogen-bond acceptors (Lipinski definition) is 4. The summed E-state index contributed by atoms with van der Waals surface area (Å²) in [5, 5.41) is 4.65. The normalized spacial score (nSPS) is 10.7. The lowest BCUT2D eigenvalue weighted by atomic mass is 10.2. The summed E-state index contributed by atoms with van der Waals surface area (Å²) in [6.45, 7) is 0. The number of carbonyl (C=O) groups is 1. The lowest BCUT2D eigenvalue weighted by molar-refractivity contribution is -0.118. The number of hydrazone groups is 1. The first-order chi connectivity index (χ1) is 11.0. The molecule has 120 valence electrons. The summed E-state index contributed by atoms with van der Waals surface area (Å²) >= 11 is 7.26. The van der Waals surface area contributed by atoms with Crippen LogP contribution in [0.1, 0.15) is 5.56 Å². The highest BCUT2D eigenvalue weighted by Gasteiger charge is 2.01. The number of carbonyl (C=O) groups excluding carboxylic acids is 1. The zero-order valence-corrected chi connectivity index (χ0v) is 14.6. The third-order valence-corrected chi connectivity index (χ3v) is 4.26. The van der Waals surface area contributed by atoms with E-state index in [1.807, 2.05) is 55.4 Å². The van der Waals surface area contributed by atoms with Gasteiger partial charge in [0.2, 0.25) is 5.91 Å². The highest BCUT2D eigenvalue weighted by Crippen LogP contribution is 2.19. The summed E-state index contributed by atoms with van der Waals surface area (Å²) in [4.78, 5) is 14.8. The number of benzene rings is 2. The molecular formula is C17H18ClN3OS. The van der Waals surface area contributed by atoms with Gasteiger partial charge >= 0.3 is 0 Å². The second-order valence-corrected chi connectivity index (χ2v) is 6.51. The predicted molar refractivity (Wildman–Crippen MR) is 98.7 cm³/mol. The molecule has 0 aliphatic carbocycles. The first-order valence-corrected chi connectivity index (χ1v) is 8.38. The van der Waals surface area contributed by atoms with Crippen LogP contribution in [0.15, 0.2) is 58.5 Å². The Balaban J connectivity index is 1.78. The maximum absolute atomic E-state index is 11.7. The van der Waals surface area contributed by atoms with Gasteiger partial charge in [0.25, 0.3) is 0 Å². The second kappa shape index (κ2) is 8.60. The van der Waals surface area contributed by atoms with E-state index < -0.39 is 0 Å². The molecule has 0 aliphatic heterocycles. The molecule has 0 heterocycles. The molecule has 0 aliphatic rings. The third-order valence-electron chi connectivity index (χ3n) is 3.00. The van der Waals surface area contributed by atoms with Gasteiger partial charge < -0.3 is 4.90 Å². The Bertz CT molecular complexity index is 669. The van der Waals surface area contributed by atoms with Crippen LogP contribution in [0.3, 0.4) is 0 Å². The summed E-state index contributed by atoms with van der Waals surface area (Å²) < 4.78 is 0. The van der Waals surface area contributed by atoms with Crippen LogP contribution in [0.4, 0.5) is 5.69 Å². The Kier molecular flexibility index (Phi) is 6.50. The molecule has 4 nitrogen and oxygen atoms in total. The maximum Gasteiger partial charge on any atom is 0.250 e. The number of rotatable bonds is 6. The topological polar surface area (TPSA) is 44.7 Å². The molecule has 23 heavy (non-hydrogen) atoms. The van der Waals surface area contributed by atoms with Crippen molar-refractivity contribution < 1.29 is 4.79 Å². The van der Waals surface area contributed by atoms with Crippen molar-refractivity contribution in [2.45, 2.75) is 4.90 Å². The first kappa shape index (κ1) is 17.4. The van der Waals surface area contributed by atoms with Crippen LogP contribution in [0.5, 0.6) is 0 Å². The second-order valence-electron chi connectivity index (χ2n) is 5.02. The largest absolute Gasteiger partial charge is 0.378 e. The fourth-order valence-corrected chi connectivity index (χ4v) is 2.57. The quantitative estimate of drug-likeness (QED) is 0.493. The van der Waals surface area contributed by atoms with Crippen molar-refractivity contribution in [1.29, 1.82) is 0 Å². The summed E-state index contributed by atoms with van der Waals surface area (Å²) in [6.07, 6.45) is 1.63. The van der Waals surface area contributed by atoms with Crippen LogP contribution in [0.2, 0.25) is 5.02 Å². The third kappa shape index (κ3) is 5.96. The van der Waals surface area contributed by atoms with Gasteiger partial charge in [0, 0.05) is 29.7 Å². The molecule has 0 bridgehead atoms. The van der Waals surface area contributed by atoms with Crippen LogP contribution < -0.4 is 10.3 Å². The highest BCUT2D eigenvalue weighted by atomic mass is 35.5. The van der Waals surface area contributed by atoms with Crippen molar-refractivity contribution >= 4 is 41.2 Å². The number of amides is 1. The molecule has 0 saturated heterocycles. The van der Waals surface area contributed by atoms with Gasteiger partial charge in [-0.15, -0.1) is 11.8 Å². The van der Waals surface area contributed by atoms with Gasteiger partial charge in [0.05, 0.1) is 12.0 Å². The fourth-order valence-electron chi connectivity index (χ4n) is 1.75. The monoisotopic (exact) mass is 347 g/mol. The van der Waals surface area contributed by atoms with Gasteiger partial charge in [-0.25, -0.2) is 5.43 Å². The number of halogens is 1. The molecule has 2 aromatic rings. The Hall–Kier alpha value is -1.98. The van der Waals surface area contributed by atoms with Crippen molar-refractivity contribution in [2.24, 2.45) is 5.10 Å². The highest BCUT2D eigenvalue weighted by molar-refractivity contribution is 8.00. The number of nitrogens with one attached hydrogen (secondary N) is 1. The molecule has 2 aromatic carbocycles. The fraction of sp³-hybridized carbons (Fsp3) is 0.176. The SMILES string of the molecule is CN(C)c1ccc(/C=N\NC(=O)CSc2ccc(Cl)cc2)cc1. The zero-order valence-electron chi connectivity index (χ0n) is 13.0. The Morgan fingerprint density at radius 3 is 2.43 bits per heavy atom. The molecule has 6 heteroatoms. The van der Waals surface area contributed by atoms with E-state index >= 15 is 0 Å². The molecule has 0 aromatic heterocycles. The molecule has 0 fully saturated rings. The average molecular weight is 348 g/mol. The first-order valence-electron chi connectivity index (χ1n) is 7.02. The molecule has 0 saturated carbocycles. The van der Waals surface area contributed by atoms with Crippen molar-refractivity contribution in [3.05, 3.63) is 59.1 Å². The van der Waals surface area contributed by atoms with Gasteiger partial charge in [0.1, 0.15) is 0 Å². The molecule has 0 radical (unpaired) electrons. The number of thioether (sulfide) groups is 1.